The summed E-state index contributed by atoms with van der Waals surface area (Å²) in [7, 11) is -1.20. The molecular formula is C13H30N2O2S. The van der Waals surface area contributed by atoms with Crippen molar-refractivity contribution < 1.29 is 8.42 Å². The Morgan fingerprint density at radius 1 is 1.00 bits per heavy atom. The maximum atomic E-state index is 12.3. The van der Waals surface area contributed by atoms with E-state index in [2.05, 4.69) is 33.0 Å². The van der Waals surface area contributed by atoms with Crippen LogP contribution in [0, 0.1) is 11.8 Å². The van der Waals surface area contributed by atoms with Crippen LogP contribution in [0.2, 0.25) is 0 Å². The van der Waals surface area contributed by atoms with Gasteiger partial charge in [-0.25, -0.2) is 12.7 Å². The summed E-state index contributed by atoms with van der Waals surface area (Å²) in [5, 5.41) is 3.04. The van der Waals surface area contributed by atoms with Crippen LogP contribution >= 0.6 is 0 Å². The summed E-state index contributed by atoms with van der Waals surface area (Å²) >= 11 is 0. The highest BCUT2D eigenvalue weighted by Crippen LogP contribution is 2.11. The van der Waals surface area contributed by atoms with Crippen molar-refractivity contribution in [2.45, 2.75) is 40.5 Å². The fourth-order valence-corrected chi connectivity index (χ4v) is 3.71. The fraction of sp³-hybridized carbons (Fsp3) is 1.00. The molecule has 0 aromatic rings. The molecule has 0 rings (SSSR count). The molecule has 0 bridgehead atoms. The maximum absolute atomic E-state index is 12.3. The molecule has 0 fully saturated rings. The Morgan fingerprint density at radius 2 is 1.50 bits per heavy atom. The Bertz CT molecular complexity index is 290. The Morgan fingerprint density at radius 3 is 1.89 bits per heavy atom. The molecule has 0 spiro atoms. The van der Waals surface area contributed by atoms with E-state index >= 15 is 0 Å². The normalized spacial score (nSPS) is 12.9. The van der Waals surface area contributed by atoms with Crippen LogP contribution in [-0.2, 0) is 10.0 Å². The van der Waals surface area contributed by atoms with Gasteiger partial charge in [0, 0.05) is 13.1 Å². The number of unbranched alkanes of at least 4 members (excludes halogenated alkanes) is 1. The van der Waals surface area contributed by atoms with E-state index < -0.39 is 10.0 Å². The van der Waals surface area contributed by atoms with Crippen LogP contribution in [0.25, 0.3) is 0 Å². The summed E-state index contributed by atoms with van der Waals surface area (Å²) in [6.07, 6.45) is 1.64. The average molecular weight is 278 g/mol. The highest BCUT2D eigenvalue weighted by Gasteiger charge is 2.23. The molecular weight excluding hydrogens is 248 g/mol. The van der Waals surface area contributed by atoms with Crippen LogP contribution in [0.3, 0.4) is 0 Å². The number of hydrogen-bond donors (Lipinski definition) is 1. The second-order valence-corrected chi connectivity index (χ2v) is 7.82. The predicted octanol–water partition coefficient (Wildman–Crippen LogP) is 1.93. The van der Waals surface area contributed by atoms with E-state index in [1.807, 2.05) is 7.05 Å². The van der Waals surface area contributed by atoms with Crippen LogP contribution in [0.15, 0.2) is 0 Å². The van der Waals surface area contributed by atoms with Crippen molar-refractivity contribution in [3.8, 4) is 0 Å². The van der Waals surface area contributed by atoms with E-state index in [4.69, 9.17) is 0 Å². The van der Waals surface area contributed by atoms with Gasteiger partial charge in [-0.05, 0) is 38.3 Å². The molecule has 0 aromatic heterocycles. The third-order valence-corrected chi connectivity index (χ3v) is 4.50. The minimum atomic E-state index is -3.09. The summed E-state index contributed by atoms with van der Waals surface area (Å²) in [4.78, 5) is 0. The Hall–Kier alpha value is -0.130. The van der Waals surface area contributed by atoms with Gasteiger partial charge >= 0.3 is 0 Å². The zero-order valence-electron chi connectivity index (χ0n) is 12.6. The van der Waals surface area contributed by atoms with Crippen LogP contribution < -0.4 is 5.32 Å². The van der Waals surface area contributed by atoms with Gasteiger partial charge in [-0.15, -0.1) is 0 Å². The standard InChI is InChI=1S/C13H30N2O2S/c1-12(2)10-15(11-13(3)4)18(16,17)9-7-6-8-14-5/h12-14H,6-11H2,1-5H3. The van der Waals surface area contributed by atoms with Crippen molar-refractivity contribution in [3.63, 3.8) is 0 Å². The van der Waals surface area contributed by atoms with Crippen LogP contribution in [-0.4, -0.2) is 45.2 Å². The van der Waals surface area contributed by atoms with Gasteiger partial charge in [-0.2, -0.15) is 0 Å². The van der Waals surface area contributed by atoms with E-state index in [0.29, 0.717) is 24.9 Å². The Labute approximate surface area is 113 Å². The topological polar surface area (TPSA) is 49.4 Å². The van der Waals surface area contributed by atoms with Crippen molar-refractivity contribution in [1.82, 2.24) is 9.62 Å². The van der Waals surface area contributed by atoms with Gasteiger partial charge in [-0.3, -0.25) is 0 Å². The Balaban J connectivity index is 4.44. The third-order valence-electron chi connectivity index (χ3n) is 2.61. The van der Waals surface area contributed by atoms with Gasteiger partial charge in [0.25, 0.3) is 0 Å². The highest BCUT2D eigenvalue weighted by atomic mass is 32.2. The van der Waals surface area contributed by atoms with Crippen molar-refractivity contribution in [1.29, 1.82) is 0 Å². The summed E-state index contributed by atoms with van der Waals surface area (Å²) in [5.74, 6) is 1.01. The molecule has 4 nitrogen and oxygen atoms in total. The first-order valence-corrected chi connectivity index (χ1v) is 8.53. The molecule has 0 saturated carbocycles. The van der Waals surface area contributed by atoms with E-state index in [-0.39, 0.29) is 5.75 Å². The summed E-state index contributed by atoms with van der Waals surface area (Å²) < 4.78 is 26.2. The van der Waals surface area contributed by atoms with Crippen molar-refractivity contribution in [2.75, 3.05) is 32.4 Å². The van der Waals surface area contributed by atoms with Gasteiger partial charge in [0.2, 0.25) is 10.0 Å². The molecule has 1 N–H and O–H groups in total. The maximum Gasteiger partial charge on any atom is 0.214 e. The van der Waals surface area contributed by atoms with Crippen LogP contribution in [0.1, 0.15) is 40.5 Å². The molecule has 0 aliphatic carbocycles. The summed E-state index contributed by atoms with van der Waals surface area (Å²) in [6.45, 7) is 10.4. The smallest absolute Gasteiger partial charge is 0.214 e. The van der Waals surface area contributed by atoms with Gasteiger partial charge in [0.15, 0.2) is 0 Å². The molecule has 0 unspecified atom stereocenters. The zero-order chi connectivity index (χ0) is 14.2. The predicted molar refractivity (Wildman–Crippen MR) is 78.2 cm³/mol. The number of hydrogen-bond acceptors (Lipinski definition) is 3. The lowest BCUT2D eigenvalue weighted by Crippen LogP contribution is -2.38. The quantitative estimate of drug-likeness (QED) is 0.621. The van der Waals surface area contributed by atoms with Crippen molar-refractivity contribution >= 4 is 10.0 Å². The third kappa shape index (κ3) is 8.06. The molecule has 0 radical (unpaired) electrons. The first-order valence-electron chi connectivity index (χ1n) is 6.92. The first kappa shape index (κ1) is 17.9. The SMILES string of the molecule is CNCCCCS(=O)(=O)N(CC(C)C)CC(C)C. The number of rotatable bonds is 10. The van der Waals surface area contributed by atoms with E-state index in [1.54, 1.807) is 4.31 Å². The minimum Gasteiger partial charge on any atom is -0.320 e. The highest BCUT2D eigenvalue weighted by molar-refractivity contribution is 7.89. The summed E-state index contributed by atoms with van der Waals surface area (Å²) in [6, 6.07) is 0. The largest absolute Gasteiger partial charge is 0.320 e. The molecule has 0 atom stereocenters. The lowest BCUT2D eigenvalue weighted by molar-refractivity contribution is 0.333. The second kappa shape index (κ2) is 8.88. The van der Waals surface area contributed by atoms with Crippen LogP contribution in [0.5, 0.6) is 0 Å². The van der Waals surface area contributed by atoms with E-state index in [1.165, 1.54) is 0 Å². The molecule has 0 saturated heterocycles. The summed E-state index contributed by atoms with van der Waals surface area (Å²) in [5.41, 5.74) is 0. The van der Waals surface area contributed by atoms with E-state index in [9.17, 15) is 8.42 Å². The molecule has 110 valence electrons. The molecule has 0 aromatic carbocycles. The van der Waals surface area contributed by atoms with Gasteiger partial charge in [0.1, 0.15) is 0 Å². The molecule has 0 amide bonds. The molecule has 0 aliphatic rings. The average Bonchev–Trinajstić information content (AvgIpc) is 2.22. The lowest BCUT2D eigenvalue weighted by Gasteiger charge is -2.25. The molecule has 18 heavy (non-hydrogen) atoms. The minimum absolute atomic E-state index is 0.272. The lowest BCUT2D eigenvalue weighted by atomic mass is 10.2. The van der Waals surface area contributed by atoms with Gasteiger partial charge < -0.3 is 5.32 Å². The van der Waals surface area contributed by atoms with Gasteiger partial charge in [-0.1, -0.05) is 27.7 Å². The molecule has 5 heteroatoms. The number of nitrogens with one attached hydrogen (secondary N) is 1. The monoisotopic (exact) mass is 278 g/mol. The molecule has 0 aliphatic heterocycles. The van der Waals surface area contributed by atoms with Crippen LogP contribution in [0.4, 0.5) is 0 Å². The Kier molecular flexibility index (Phi) is 8.82. The fourth-order valence-electron chi connectivity index (χ4n) is 1.83. The zero-order valence-corrected chi connectivity index (χ0v) is 13.4. The van der Waals surface area contributed by atoms with Crippen molar-refractivity contribution in [2.24, 2.45) is 11.8 Å². The van der Waals surface area contributed by atoms with Gasteiger partial charge in [0.05, 0.1) is 5.75 Å². The number of nitrogens with zero attached hydrogens (tertiary/aromatic N) is 1. The van der Waals surface area contributed by atoms with Crippen molar-refractivity contribution in [3.05, 3.63) is 0 Å². The second-order valence-electron chi connectivity index (χ2n) is 5.73. The number of sulfonamides is 1. The van der Waals surface area contributed by atoms with E-state index in [0.717, 1.165) is 19.4 Å². The first-order chi connectivity index (χ1) is 8.29. The molecule has 0 heterocycles.